The number of carbonyl (C=O) groups excluding carboxylic acids is 1. The first-order valence-electron chi connectivity index (χ1n) is 8.79. The van der Waals surface area contributed by atoms with Gasteiger partial charge in [0.15, 0.2) is 6.54 Å². The van der Waals surface area contributed by atoms with E-state index < -0.39 is 0 Å². The van der Waals surface area contributed by atoms with Gasteiger partial charge in [-0.1, -0.05) is 17.7 Å². The summed E-state index contributed by atoms with van der Waals surface area (Å²) in [6, 6.07) is 8.94. The van der Waals surface area contributed by atoms with Crippen molar-refractivity contribution < 1.29 is 9.69 Å². The molecule has 2 atom stereocenters. The molecule has 1 saturated heterocycles. The molecule has 24 heavy (non-hydrogen) atoms. The molecule has 1 aliphatic heterocycles. The maximum atomic E-state index is 12.6. The van der Waals surface area contributed by atoms with Crippen LogP contribution in [-0.2, 0) is 11.8 Å². The molecular formula is C20H28N3O+. The molecule has 0 bridgehead atoms. The minimum atomic E-state index is 0.112. The Hall–Kier alpha value is -2.07. The second-order valence-electron chi connectivity index (χ2n) is 7.15. The maximum absolute atomic E-state index is 12.6. The number of benzene rings is 1. The molecule has 1 fully saturated rings. The molecule has 1 unspecified atom stereocenters. The van der Waals surface area contributed by atoms with E-state index in [9.17, 15) is 4.79 Å². The largest absolute Gasteiger partial charge is 0.350 e. The van der Waals surface area contributed by atoms with Gasteiger partial charge in [0, 0.05) is 31.8 Å². The molecule has 1 aromatic carbocycles. The Balaban J connectivity index is 1.70. The van der Waals surface area contributed by atoms with Crippen molar-refractivity contribution in [2.24, 2.45) is 7.05 Å². The van der Waals surface area contributed by atoms with Crippen LogP contribution in [0.15, 0.2) is 30.5 Å². The molecule has 2 aromatic rings. The van der Waals surface area contributed by atoms with E-state index in [2.05, 4.69) is 68.2 Å². The Morgan fingerprint density at radius 1 is 1.29 bits per heavy atom. The number of rotatable bonds is 4. The normalized spacial score (nSPS) is 20.3. The summed E-state index contributed by atoms with van der Waals surface area (Å²) in [6.45, 7) is 7.80. The average molecular weight is 326 g/mol. The number of nitrogens with zero attached hydrogens (tertiary/aromatic N) is 1. The Bertz CT molecular complexity index is 724. The van der Waals surface area contributed by atoms with E-state index in [1.165, 1.54) is 22.6 Å². The summed E-state index contributed by atoms with van der Waals surface area (Å²) >= 11 is 0. The number of aryl methyl sites for hydroxylation is 4. The molecule has 4 nitrogen and oxygen atoms in total. The van der Waals surface area contributed by atoms with Crippen LogP contribution in [0.4, 0.5) is 5.69 Å². The van der Waals surface area contributed by atoms with Crippen LogP contribution in [-0.4, -0.2) is 23.6 Å². The lowest BCUT2D eigenvalue weighted by Gasteiger charge is -2.22. The van der Waals surface area contributed by atoms with Gasteiger partial charge in [-0.15, -0.1) is 0 Å². The highest BCUT2D eigenvalue weighted by atomic mass is 16.2. The van der Waals surface area contributed by atoms with Crippen molar-refractivity contribution >= 4 is 11.6 Å². The lowest BCUT2D eigenvalue weighted by molar-refractivity contribution is -0.910. The van der Waals surface area contributed by atoms with Crippen LogP contribution in [0.2, 0.25) is 0 Å². The fourth-order valence-corrected chi connectivity index (χ4v) is 4.08. The zero-order valence-corrected chi connectivity index (χ0v) is 15.1. The fourth-order valence-electron chi connectivity index (χ4n) is 4.08. The van der Waals surface area contributed by atoms with E-state index in [-0.39, 0.29) is 5.91 Å². The highest BCUT2D eigenvalue weighted by Gasteiger charge is 2.33. The van der Waals surface area contributed by atoms with E-state index in [4.69, 9.17) is 0 Å². The summed E-state index contributed by atoms with van der Waals surface area (Å²) in [5.74, 6) is 0.112. The Morgan fingerprint density at radius 2 is 2.00 bits per heavy atom. The second-order valence-corrected chi connectivity index (χ2v) is 7.15. The van der Waals surface area contributed by atoms with Crippen molar-refractivity contribution in [1.82, 2.24) is 4.57 Å². The van der Waals surface area contributed by atoms with Gasteiger partial charge in [0.1, 0.15) is 6.04 Å². The van der Waals surface area contributed by atoms with Crippen LogP contribution in [0.5, 0.6) is 0 Å². The van der Waals surface area contributed by atoms with Crippen molar-refractivity contribution in [3.8, 4) is 0 Å². The lowest BCUT2D eigenvalue weighted by Crippen LogP contribution is -3.11. The Labute approximate surface area is 144 Å². The molecule has 2 heterocycles. The van der Waals surface area contributed by atoms with Crippen LogP contribution in [0.25, 0.3) is 0 Å². The van der Waals surface area contributed by atoms with Crippen molar-refractivity contribution in [3.63, 3.8) is 0 Å². The third kappa shape index (κ3) is 3.39. The molecule has 1 aromatic heterocycles. The van der Waals surface area contributed by atoms with Crippen LogP contribution < -0.4 is 10.2 Å². The summed E-state index contributed by atoms with van der Waals surface area (Å²) in [5, 5.41) is 3.15. The molecule has 4 heteroatoms. The molecular weight excluding hydrogens is 298 g/mol. The smallest absolute Gasteiger partial charge is 0.279 e. The van der Waals surface area contributed by atoms with Crippen LogP contribution >= 0.6 is 0 Å². The Morgan fingerprint density at radius 3 is 2.62 bits per heavy atom. The van der Waals surface area contributed by atoms with Gasteiger partial charge in [-0.2, -0.15) is 0 Å². The minimum absolute atomic E-state index is 0.112. The molecule has 3 rings (SSSR count). The Kier molecular flexibility index (Phi) is 4.76. The number of hydrogen-bond donors (Lipinski definition) is 2. The van der Waals surface area contributed by atoms with Crippen molar-refractivity contribution in [3.05, 3.63) is 52.8 Å². The van der Waals surface area contributed by atoms with Crippen molar-refractivity contribution in [2.75, 3.05) is 18.4 Å². The van der Waals surface area contributed by atoms with Gasteiger partial charge in [-0.05, 0) is 44.0 Å². The van der Waals surface area contributed by atoms with Crippen molar-refractivity contribution in [2.45, 2.75) is 39.7 Å². The second kappa shape index (κ2) is 6.81. The first-order valence-corrected chi connectivity index (χ1v) is 8.79. The summed E-state index contributed by atoms with van der Waals surface area (Å²) in [4.78, 5) is 14.0. The molecule has 0 radical (unpaired) electrons. The first kappa shape index (κ1) is 16.8. The van der Waals surface area contributed by atoms with E-state index in [1.54, 1.807) is 0 Å². The van der Waals surface area contributed by atoms with Crippen molar-refractivity contribution in [1.29, 1.82) is 0 Å². The SMILES string of the molecule is Cc1cc(C)c(NC(=O)C[NH+]2CCC[C@H]2c2cccn2C)c(C)c1. The fraction of sp³-hybridized carbons (Fsp3) is 0.450. The zero-order chi connectivity index (χ0) is 17.3. The third-order valence-electron chi connectivity index (χ3n) is 5.15. The van der Waals surface area contributed by atoms with Crippen LogP contribution in [0, 0.1) is 20.8 Å². The quantitative estimate of drug-likeness (QED) is 0.889. The number of aromatic nitrogens is 1. The number of anilines is 1. The minimum Gasteiger partial charge on any atom is -0.350 e. The summed E-state index contributed by atoms with van der Waals surface area (Å²) < 4.78 is 2.18. The van der Waals surface area contributed by atoms with E-state index in [0.717, 1.165) is 29.8 Å². The molecule has 1 amide bonds. The number of likely N-dealkylation sites (tertiary alicyclic amines) is 1. The topological polar surface area (TPSA) is 38.5 Å². The molecule has 0 saturated carbocycles. The average Bonchev–Trinajstić information content (AvgIpc) is 3.11. The van der Waals surface area contributed by atoms with Crippen LogP contribution in [0.3, 0.4) is 0 Å². The summed E-state index contributed by atoms with van der Waals surface area (Å²) in [6.07, 6.45) is 4.43. The first-order chi connectivity index (χ1) is 11.5. The number of carbonyl (C=O) groups is 1. The number of quaternary nitrogens is 1. The molecule has 0 spiro atoms. The van der Waals surface area contributed by atoms with Gasteiger partial charge in [0.2, 0.25) is 0 Å². The zero-order valence-electron chi connectivity index (χ0n) is 15.1. The molecule has 2 N–H and O–H groups in total. The summed E-state index contributed by atoms with van der Waals surface area (Å²) in [5.41, 5.74) is 5.81. The number of hydrogen-bond acceptors (Lipinski definition) is 1. The monoisotopic (exact) mass is 326 g/mol. The third-order valence-corrected chi connectivity index (χ3v) is 5.15. The predicted molar refractivity (Wildman–Crippen MR) is 97.4 cm³/mol. The maximum Gasteiger partial charge on any atom is 0.279 e. The van der Waals surface area contributed by atoms with E-state index in [1.807, 2.05) is 0 Å². The number of nitrogens with one attached hydrogen (secondary N) is 2. The van der Waals surface area contributed by atoms with Gasteiger partial charge in [0.05, 0.1) is 12.2 Å². The van der Waals surface area contributed by atoms with Gasteiger partial charge < -0.3 is 14.8 Å². The standard InChI is InChI=1S/C20H27N3O/c1-14-11-15(2)20(16(3)12-14)21-19(24)13-23-10-6-8-18(23)17-7-5-9-22(17)4/h5,7,9,11-12,18H,6,8,10,13H2,1-4H3,(H,21,24)/p+1/t18-/m0/s1. The van der Waals surface area contributed by atoms with E-state index in [0.29, 0.717) is 12.6 Å². The van der Waals surface area contributed by atoms with Gasteiger partial charge >= 0.3 is 0 Å². The van der Waals surface area contributed by atoms with Gasteiger partial charge in [-0.25, -0.2) is 0 Å². The lowest BCUT2D eigenvalue weighted by atomic mass is 10.1. The molecule has 0 aliphatic carbocycles. The molecule has 1 aliphatic rings. The highest BCUT2D eigenvalue weighted by Crippen LogP contribution is 2.22. The van der Waals surface area contributed by atoms with Crippen LogP contribution in [0.1, 0.15) is 41.3 Å². The summed E-state index contributed by atoms with van der Waals surface area (Å²) in [7, 11) is 2.09. The van der Waals surface area contributed by atoms with Gasteiger partial charge in [0.25, 0.3) is 5.91 Å². The van der Waals surface area contributed by atoms with E-state index >= 15 is 0 Å². The predicted octanol–water partition coefficient (Wildman–Crippen LogP) is 2.31. The van der Waals surface area contributed by atoms with Gasteiger partial charge in [-0.3, -0.25) is 4.79 Å². The molecule has 128 valence electrons. The highest BCUT2D eigenvalue weighted by molar-refractivity contribution is 5.93. The number of amides is 1.